The van der Waals surface area contributed by atoms with Crippen molar-refractivity contribution in [1.29, 1.82) is 0 Å². The van der Waals surface area contributed by atoms with Crippen molar-refractivity contribution in [3.05, 3.63) is 46.1 Å². The predicted molar refractivity (Wildman–Crippen MR) is 99.4 cm³/mol. The number of rotatable bonds is 5. The number of imide groups is 3. The molecule has 0 unspecified atom stereocenters. The summed E-state index contributed by atoms with van der Waals surface area (Å²) in [5.41, 5.74) is 6.00. The van der Waals surface area contributed by atoms with Gasteiger partial charge in [0.2, 0.25) is 5.91 Å². The highest BCUT2D eigenvalue weighted by Gasteiger charge is 2.40. The Hall–Kier alpha value is -2.68. The van der Waals surface area contributed by atoms with Gasteiger partial charge in [-0.15, -0.1) is 0 Å². The molecular weight excluding hydrogens is 395 g/mol. The highest BCUT2D eigenvalue weighted by atomic mass is 35.5. The molecule has 8 nitrogen and oxygen atoms in total. The molecule has 2 heterocycles. The Kier molecular flexibility index (Phi) is 5.59. The molecule has 2 aromatic rings. The van der Waals surface area contributed by atoms with Crippen LogP contribution in [0.2, 0.25) is 10.0 Å². The monoisotopic (exact) mass is 408 g/mol. The van der Waals surface area contributed by atoms with Crippen LogP contribution in [0, 0.1) is 0 Å². The predicted octanol–water partition coefficient (Wildman–Crippen LogP) is 2.73. The molecule has 1 aliphatic rings. The fourth-order valence-electron chi connectivity index (χ4n) is 2.41. The van der Waals surface area contributed by atoms with E-state index in [0.717, 1.165) is 10.6 Å². The molecule has 0 spiro atoms. The second kappa shape index (κ2) is 7.91. The van der Waals surface area contributed by atoms with Crippen LogP contribution < -0.4 is 5.73 Å². The molecule has 27 heavy (non-hydrogen) atoms. The van der Waals surface area contributed by atoms with Gasteiger partial charge in [-0.25, -0.2) is 9.80 Å². The van der Waals surface area contributed by atoms with Crippen LogP contribution in [0.5, 0.6) is 0 Å². The molecule has 10 heteroatoms. The van der Waals surface area contributed by atoms with E-state index in [1.165, 1.54) is 6.21 Å². The third kappa shape index (κ3) is 4.02. The summed E-state index contributed by atoms with van der Waals surface area (Å²) in [6.07, 6.45) is 1.18. The van der Waals surface area contributed by atoms with Crippen LogP contribution in [0.1, 0.15) is 12.2 Å². The summed E-state index contributed by atoms with van der Waals surface area (Å²) in [4.78, 5) is 36.3. The number of carbonyl (C=O) groups excluding carboxylic acids is 3. The maximum atomic E-state index is 12.1. The summed E-state index contributed by atoms with van der Waals surface area (Å²) in [5, 5.41) is 5.64. The van der Waals surface area contributed by atoms with Crippen molar-refractivity contribution in [2.75, 3.05) is 13.1 Å². The number of hydrogen-bond donors (Lipinski definition) is 1. The zero-order valence-corrected chi connectivity index (χ0v) is 15.4. The first-order valence-electron chi connectivity index (χ1n) is 7.87. The Morgan fingerprint density at radius 3 is 2.70 bits per heavy atom. The number of hydrogen-bond acceptors (Lipinski definition) is 6. The highest BCUT2D eigenvalue weighted by Crippen LogP contribution is 2.29. The second-order valence-electron chi connectivity index (χ2n) is 5.58. The number of furan rings is 1. The van der Waals surface area contributed by atoms with Crippen molar-refractivity contribution < 1.29 is 18.8 Å². The smallest absolute Gasteiger partial charge is 0.354 e. The molecule has 0 saturated carbocycles. The molecule has 2 N–H and O–H groups in total. The quantitative estimate of drug-likeness (QED) is 0.603. The minimum absolute atomic E-state index is 0.0447. The van der Waals surface area contributed by atoms with E-state index >= 15 is 0 Å². The zero-order valence-electron chi connectivity index (χ0n) is 13.9. The Labute approximate surface area is 164 Å². The van der Waals surface area contributed by atoms with E-state index in [-0.39, 0.29) is 19.5 Å². The summed E-state index contributed by atoms with van der Waals surface area (Å²) in [6.45, 7) is -0.283. The Bertz CT molecular complexity index is 941. The highest BCUT2D eigenvalue weighted by molar-refractivity contribution is 6.42. The van der Waals surface area contributed by atoms with Crippen LogP contribution >= 0.6 is 23.2 Å². The van der Waals surface area contributed by atoms with Crippen molar-refractivity contribution in [3.63, 3.8) is 0 Å². The number of hydrazone groups is 1. The maximum absolute atomic E-state index is 12.1. The lowest BCUT2D eigenvalue weighted by Crippen LogP contribution is -2.38. The number of benzene rings is 1. The number of nitrogens with zero attached hydrogens (tertiary/aromatic N) is 3. The molecule has 140 valence electrons. The molecule has 3 rings (SSSR count). The zero-order chi connectivity index (χ0) is 19.6. The summed E-state index contributed by atoms with van der Waals surface area (Å²) < 4.78 is 5.63. The van der Waals surface area contributed by atoms with Crippen molar-refractivity contribution in [3.8, 4) is 11.3 Å². The molecule has 4 amide bonds. The number of urea groups is 1. The van der Waals surface area contributed by atoms with Crippen LogP contribution in [-0.4, -0.2) is 47.1 Å². The van der Waals surface area contributed by atoms with Crippen LogP contribution in [0.4, 0.5) is 4.79 Å². The molecule has 1 fully saturated rings. The normalized spacial score (nSPS) is 14.6. The van der Waals surface area contributed by atoms with Crippen LogP contribution in [0.3, 0.4) is 0 Å². The summed E-state index contributed by atoms with van der Waals surface area (Å²) in [6, 6.07) is 7.59. The van der Waals surface area contributed by atoms with Gasteiger partial charge in [-0.3, -0.25) is 9.59 Å². The maximum Gasteiger partial charge on any atom is 0.354 e. The van der Waals surface area contributed by atoms with Crippen molar-refractivity contribution >= 4 is 47.3 Å². The van der Waals surface area contributed by atoms with E-state index in [1.807, 2.05) is 0 Å². The second-order valence-corrected chi connectivity index (χ2v) is 6.39. The number of halogens is 2. The first-order valence-corrected chi connectivity index (χ1v) is 8.63. The average molecular weight is 409 g/mol. The van der Waals surface area contributed by atoms with Crippen LogP contribution in [-0.2, 0) is 9.59 Å². The fraction of sp³-hybridized carbons (Fsp3) is 0.176. The van der Waals surface area contributed by atoms with Crippen LogP contribution in [0.25, 0.3) is 11.3 Å². The van der Waals surface area contributed by atoms with Crippen molar-refractivity contribution in [1.82, 2.24) is 9.91 Å². The molecule has 0 atom stereocenters. The topological polar surface area (TPSA) is 109 Å². The van der Waals surface area contributed by atoms with E-state index in [9.17, 15) is 14.4 Å². The fourth-order valence-corrected chi connectivity index (χ4v) is 2.71. The number of nitrogens with two attached hydrogens (primary N) is 1. The van der Waals surface area contributed by atoms with Gasteiger partial charge >= 0.3 is 6.03 Å². The van der Waals surface area contributed by atoms with E-state index in [0.29, 0.717) is 26.5 Å². The molecule has 1 saturated heterocycles. The third-order valence-electron chi connectivity index (χ3n) is 3.71. The first kappa shape index (κ1) is 19.1. The molecule has 0 radical (unpaired) electrons. The third-order valence-corrected chi connectivity index (χ3v) is 4.45. The van der Waals surface area contributed by atoms with Gasteiger partial charge in [-0.1, -0.05) is 23.2 Å². The largest absolute Gasteiger partial charge is 0.455 e. The van der Waals surface area contributed by atoms with Crippen molar-refractivity contribution in [2.45, 2.75) is 6.42 Å². The Morgan fingerprint density at radius 1 is 1.22 bits per heavy atom. The molecule has 0 bridgehead atoms. The average Bonchev–Trinajstić information content (AvgIpc) is 3.20. The van der Waals surface area contributed by atoms with Gasteiger partial charge in [0, 0.05) is 18.5 Å². The molecule has 1 aliphatic heterocycles. The minimum Gasteiger partial charge on any atom is -0.455 e. The van der Waals surface area contributed by atoms with Gasteiger partial charge in [0.25, 0.3) is 5.91 Å². The number of amides is 4. The van der Waals surface area contributed by atoms with E-state index in [1.54, 1.807) is 30.3 Å². The van der Waals surface area contributed by atoms with E-state index in [2.05, 4.69) is 5.10 Å². The van der Waals surface area contributed by atoms with Gasteiger partial charge in [-0.05, 0) is 30.3 Å². The SMILES string of the molecule is NCCC(=O)N1C(=O)CN(/N=C/c2ccc(-c3ccc(Cl)c(Cl)c3)o2)C1=O. The van der Waals surface area contributed by atoms with Crippen LogP contribution in [0.15, 0.2) is 39.9 Å². The summed E-state index contributed by atoms with van der Waals surface area (Å²) in [5.74, 6) is -0.418. The minimum atomic E-state index is -0.814. The van der Waals surface area contributed by atoms with Crippen molar-refractivity contribution in [2.24, 2.45) is 10.8 Å². The van der Waals surface area contributed by atoms with E-state index < -0.39 is 17.8 Å². The molecule has 1 aromatic carbocycles. The standard InChI is InChI=1S/C17H14Cl2N4O4/c18-12-3-1-10(7-13(12)19)14-4-2-11(27-14)8-21-22-9-16(25)23(17(22)26)15(24)5-6-20/h1-4,7-8H,5-6,9,20H2/b21-8+. The summed E-state index contributed by atoms with van der Waals surface area (Å²) in [7, 11) is 0. The van der Waals surface area contributed by atoms with Gasteiger partial charge in [0.1, 0.15) is 18.1 Å². The lowest BCUT2D eigenvalue weighted by Gasteiger charge is -2.11. The molecular formula is C17H14Cl2N4O4. The number of carbonyl (C=O) groups is 3. The van der Waals surface area contributed by atoms with Gasteiger partial charge < -0.3 is 10.2 Å². The van der Waals surface area contributed by atoms with Gasteiger partial charge in [-0.2, -0.15) is 10.0 Å². The lowest BCUT2D eigenvalue weighted by atomic mass is 10.2. The van der Waals surface area contributed by atoms with Gasteiger partial charge in [0.05, 0.1) is 16.3 Å². The van der Waals surface area contributed by atoms with E-state index in [4.69, 9.17) is 33.4 Å². The van der Waals surface area contributed by atoms with Gasteiger partial charge in [0.15, 0.2) is 0 Å². The Balaban J connectivity index is 1.73. The lowest BCUT2D eigenvalue weighted by molar-refractivity contribution is -0.138. The molecule has 0 aliphatic carbocycles. The molecule has 1 aromatic heterocycles. The Morgan fingerprint density at radius 2 is 2.00 bits per heavy atom. The summed E-state index contributed by atoms with van der Waals surface area (Å²) >= 11 is 11.9. The first-order chi connectivity index (χ1) is 12.9.